The van der Waals surface area contributed by atoms with E-state index < -0.39 is 23.8 Å². The summed E-state index contributed by atoms with van der Waals surface area (Å²) in [5, 5.41) is 12.8. The average molecular weight is 327 g/mol. The number of aliphatic hydroxyl groups excluding tert-OH is 1. The van der Waals surface area contributed by atoms with Gasteiger partial charge in [0.1, 0.15) is 6.10 Å². The third-order valence-corrected chi connectivity index (χ3v) is 4.24. The van der Waals surface area contributed by atoms with Crippen molar-refractivity contribution in [2.45, 2.75) is 90.9 Å². The second-order valence-corrected chi connectivity index (χ2v) is 8.10. The molecule has 1 aliphatic rings. The monoisotopic (exact) mass is 327 g/mol. The Morgan fingerprint density at radius 1 is 1.17 bits per heavy atom. The molecule has 5 heteroatoms. The van der Waals surface area contributed by atoms with Crippen LogP contribution in [0.5, 0.6) is 0 Å². The number of amides is 1. The molecule has 0 aromatic rings. The zero-order valence-electron chi connectivity index (χ0n) is 15.2. The summed E-state index contributed by atoms with van der Waals surface area (Å²) < 4.78 is 5.40. The van der Waals surface area contributed by atoms with Crippen molar-refractivity contribution in [2.24, 2.45) is 11.8 Å². The van der Waals surface area contributed by atoms with Gasteiger partial charge in [0.05, 0.1) is 0 Å². The van der Waals surface area contributed by atoms with E-state index in [4.69, 9.17) is 4.74 Å². The zero-order chi connectivity index (χ0) is 17.6. The first kappa shape index (κ1) is 19.9. The first-order chi connectivity index (χ1) is 10.6. The summed E-state index contributed by atoms with van der Waals surface area (Å²) in [5.74, 6) is -0.181. The van der Waals surface area contributed by atoms with Crippen LogP contribution in [0.1, 0.15) is 73.1 Å². The number of nitrogens with one attached hydrogen (secondary N) is 1. The number of hydrogen-bond acceptors (Lipinski definition) is 4. The smallest absolute Gasteiger partial charge is 0.408 e. The van der Waals surface area contributed by atoms with E-state index in [1.165, 1.54) is 6.42 Å². The van der Waals surface area contributed by atoms with Gasteiger partial charge < -0.3 is 15.2 Å². The van der Waals surface area contributed by atoms with E-state index in [0.717, 1.165) is 25.7 Å². The van der Waals surface area contributed by atoms with E-state index in [0.29, 0.717) is 12.3 Å². The summed E-state index contributed by atoms with van der Waals surface area (Å²) in [6, 6.07) is 0. The minimum absolute atomic E-state index is 0.189. The summed E-state index contributed by atoms with van der Waals surface area (Å²) in [4.78, 5) is 24.5. The molecule has 5 nitrogen and oxygen atoms in total. The van der Waals surface area contributed by atoms with Gasteiger partial charge in [0.15, 0.2) is 6.10 Å². The predicted octanol–water partition coefficient (Wildman–Crippen LogP) is 3.44. The lowest BCUT2D eigenvalue weighted by molar-refractivity contribution is -0.139. The Balaban J connectivity index is 2.74. The number of ether oxygens (including phenoxy) is 1. The number of aliphatic hydroxyl groups is 1. The van der Waals surface area contributed by atoms with Gasteiger partial charge in [-0.1, -0.05) is 46.0 Å². The van der Waals surface area contributed by atoms with E-state index in [1.807, 2.05) is 20.8 Å². The average Bonchev–Trinajstić information content (AvgIpc) is 2.44. The minimum Gasteiger partial charge on any atom is -0.438 e. The van der Waals surface area contributed by atoms with Gasteiger partial charge in [0, 0.05) is 5.54 Å². The molecule has 0 saturated heterocycles. The molecule has 0 heterocycles. The Morgan fingerprint density at radius 2 is 1.74 bits per heavy atom. The number of hydrogen-bond donors (Lipinski definition) is 2. The molecular formula is C18H33NO4. The lowest BCUT2D eigenvalue weighted by Crippen LogP contribution is -2.46. The number of rotatable bonds is 6. The standard InChI is InChI=1S/C18H33NO4/c1-12(2)15(20)16(21)14(11-13-9-7-6-8-10-13)23-17(22)19-18(3,4)5/h12-15,20H,6-11H2,1-5H3,(H,19,22)/t14-,15?/m0/s1. The number of carbonyl (C=O) groups excluding carboxylic acids is 2. The summed E-state index contributed by atoms with van der Waals surface area (Å²) in [7, 11) is 0. The Morgan fingerprint density at radius 3 is 2.22 bits per heavy atom. The molecule has 23 heavy (non-hydrogen) atoms. The van der Waals surface area contributed by atoms with Crippen molar-refractivity contribution in [1.82, 2.24) is 5.32 Å². The van der Waals surface area contributed by atoms with Gasteiger partial charge in [-0.2, -0.15) is 0 Å². The first-order valence-electron chi connectivity index (χ1n) is 8.80. The lowest BCUT2D eigenvalue weighted by Gasteiger charge is -2.29. The van der Waals surface area contributed by atoms with Gasteiger partial charge in [0.25, 0.3) is 0 Å². The Bertz CT molecular complexity index is 394. The summed E-state index contributed by atoms with van der Waals surface area (Å²) in [6.45, 7) is 9.14. The Hall–Kier alpha value is -1.10. The molecule has 2 N–H and O–H groups in total. The highest BCUT2D eigenvalue weighted by molar-refractivity contribution is 5.89. The fourth-order valence-corrected chi connectivity index (χ4v) is 2.93. The molecule has 0 spiro atoms. The van der Waals surface area contributed by atoms with E-state index in [-0.39, 0.29) is 11.7 Å². The van der Waals surface area contributed by atoms with Gasteiger partial charge >= 0.3 is 6.09 Å². The van der Waals surface area contributed by atoms with Crippen LogP contribution in [0.25, 0.3) is 0 Å². The van der Waals surface area contributed by atoms with Crippen molar-refractivity contribution in [3.05, 3.63) is 0 Å². The SMILES string of the molecule is CC(C)C(O)C(=O)[C@H](CC1CCCCC1)OC(=O)NC(C)(C)C. The summed E-state index contributed by atoms with van der Waals surface area (Å²) in [5.41, 5.74) is -0.424. The third kappa shape index (κ3) is 7.34. The van der Waals surface area contributed by atoms with Crippen molar-refractivity contribution in [3.63, 3.8) is 0 Å². The maximum absolute atomic E-state index is 12.5. The fraction of sp³-hybridized carbons (Fsp3) is 0.889. The van der Waals surface area contributed by atoms with Crippen LogP contribution < -0.4 is 5.32 Å². The summed E-state index contributed by atoms with van der Waals surface area (Å²) >= 11 is 0. The van der Waals surface area contributed by atoms with Gasteiger partial charge in [-0.05, 0) is 39.0 Å². The van der Waals surface area contributed by atoms with Crippen molar-refractivity contribution >= 4 is 11.9 Å². The molecule has 0 aliphatic heterocycles. The number of carbonyl (C=O) groups is 2. The highest BCUT2D eigenvalue weighted by Gasteiger charge is 2.33. The molecule has 1 amide bonds. The quantitative estimate of drug-likeness (QED) is 0.783. The molecule has 1 fully saturated rings. The first-order valence-corrected chi connectivity index (χ1v) is 8.80. The molecule has 134 valence electrons. The van der Waals surface area contributed by atoms with Crippen LogP contribution in [0.3, 0.4) is 0 Å². The molecule has 1 saturated carbocycles. The van der Waals surface area contributed by atoms with Crippen LogP contribution in [-0.4, -0.2) is 34.7 Å². The maximum atomic E-state index is 12.5. The zero-order valence-corrected chi connectivity index (χ0v) is 15.2. The van der Waals surface area contributed by atoms with Crippen molar-refractivity contribution in [2.75, 3.05) is 0 Å². The number of ketones is 1. The van der Waals surface area contributed by atoms with Crippen LogP contribution in [0.15, 0.2) is 0 Å². The fourth-order valence-electron chi connectivity index (χ4n) is 2.93. The largest absolute Gasteiger partial charge is 0.438 e. The molecule has 1 rings (SSSR count). The molecule has 1 aliphatic carbocycles. The van der Waals surface area contributed by atoms with E-state index >= 15 is 0 Å². The second-order valence-electron chi connectivity index (χ2n) is 8.10. The Labute approximate surface area is 140 Å². The molecular weight excluding hydrogens is 294 g/mol. The van der Waals surface area contributed by atoms with E-state index in [9.17, 15) is 14.7 Å². The van der Waals surface area contributed by atoms with E-state index in [1.54, 1.807) is 13.8 Å². The molecule has 0 aromatic carbocycles. The van der Waals surface area contributed by atoms with Crippen LogP contribution in [-0.2, 0) is 9.53 Å². The molecule has 0 radical (unpaired) electrons. The second kappa shape index (κ2) is 8.67. The van der Waals surface area contributed by atoms with Crippen LogP contribution in [0, 0.1) is 11.8 Å². The van der Waals surface area contributed by atoms with Gasteiger partial charge in [-0.25, -0.2) is 4.79 Å². The van der Waals surface area contributed by atoms with Crippen LogP contribution >= 0.6 is 0 Å². The Kier molecular flexibility index (Phi) is 7.52. The van der Waals surface area contributed by atoms with Crippen molar-refractivity contribution in [1.29, 1.82) is 0 Å². The van der Waals surface area contributed by atoms with Crippen molar-refractivity contribution in [3.8, 4) is 0 Å². The lowest BCUT2D eigenvalue weighted by atomic mass is 9.83. The maximum Gasteiger partial charge on any atom is 0.408 e. The van der Waals surface area contributed by atoms with Gasteiger partial charge in [-0.15, -0.1) is 0 Å². The molecule has 1 unspecified atom stereocenters. The minimum atomic E-state index is -1.09. The summed E-state index contributed by atoms with van der Waals surface area (Å²) in [6.07, 6.45) is 3.64. The number of Topliss-reactive ketones (excluding diaryl/α,β-unsaturated/α-hetero) is 1. The third-order valence-electron chi connectivity index (χ3n) is 4.24. The molecule has 0 aromatic heterocycles. The van der Waals surface area contributed by atoms with Crippen LogP contribution in [0.2, 0.25) is 0 Å². The normalized spacial score (nSPS) is 19.3. The van der Waals surface area contributed by atoms with Gasteiger partial charge in [-0.3, -0.25) is 4.79 Å². The highest BCUT2D eigenvalue weighted by atomic mass is 16.6. The molecule has 2 atom stereocenters. The van der Waals surface area contributed by atoms with Crippen molar-refractivity contribution < 1.29 is 19.4 Å². The highest BCUT2D eigenvalue weighted by Crippen LogP contribution is 2.29. The number of alkyl carbamates (subject to hydrolysis) is 1. The predicted molar refractivity (Wildman–Crippen MR) is 90.2 cm³/mol. The van der Waals surface area contributed by atoms with Crippen LogP contribution in [0.4, 0.5) is 4.79 Å². The van der Waals surface area contributed by atoms with E-state index in [2.05, 4.69) is 5.32 Å². The topological polar surface area (TPSA) is 75.6 Å². The molecule has 0 bridgehead atoms. The van der Waals surface area contributed by atoms with Gasteiger partial charge in [0.2, 0.25) is 5.78 Å².